The number of carbonyl (C=O) groups is 1. The first-order chi connectivity index (χ1) is 17.0. The monoisotopic (exact) mass is 484 g/mol. The van der Waals surface area contributed by atoms with Gasteiger partial charge in [-0.05, 0) is 47.8 Å². The van der Waals surface area contributed by atoms with Crippen molar-refractivity contribution in [2.45, 2.75) is 38.0 Å². The number of nitrogens with zero attached hydrogens (tertiary/aromatic N) is 4. The highest BCUT2D eigenvalue weighted by molar-refractivity contribution is 6.00. The predicted octanol–water partition coefficient (Wildman–Crippen LogP) is 3.00. The van der Waals surface area contributed by atoms with E-state index in [4.69, 9.17) is 25.1 Å². The molecule has 0 saturated heterocycles. The number of alkyl halides is 1. The molecule has 0 bridgehead atoms. The second-order valence-corrected chi connectivity index (χ2v) is 7.96. The Balaban J connectivity index is 1.93. The standard InChI is InChI=1S/C24H29FN6O4/c1-17-24(23(33)30-27-12-11-25,15-19-5-2-3-6-20(19)16-28-31-26)29-22(35-17)18-7-9-21(10-8-18)34-14-4-13-32/h2-3,5-10,17,27,32H,4,11-16H2,1H3,(H,30,33)/t17-,24-/m0/s1. The van der Waals surface area contributed by atoms with Crippen LogP contribution in [0.1, 0.15) is 30.0 Å². The molecule has 3 N–H and O–H groups in total. The number of nitrogens with one attached hydrogen (secondary N) is 2. The number of azide groups is 1. The summed E-state index contributed by atoms with van der Waals surface area (Å²) in [5.74, 6) is 0.476. The average Bonchev–Trinajstić information content (AvgIpc) is 3.21. The van der Waals surface area contributed by atoms with Crippen molar-refractivity contribution in [3.05, 3.63) is 75.7 Å². The highest BCUT2D eigenvalue weighted by atomic mass is 19.1. The van der Waals surface area contributed by atoms with Crippen LogP contribution in [0.15, 0.2) is 58.6 Å². The average molecular weight is 485 g/mol. The molecule has 0 spiro atoms. The van der Waals surface area contributed by atoms with Gasteiger partial charge in [0.15, 0.2) is 5.54 Å². The Hall–Kier alpha value is -3.66. The van der Waals surface area contributed by atoms with Crippen LogP contribution in [0.2, 0.25) is 0 Å². The van der Waals surface area contributed by atoms with Gasteiger partial charge in [0.2, 0.25) is 5.90 Å². The number of aliphatic imine (C=N–C) groups is 1. The van der Waals surface area contributed by atoms with E-state index in [9.17, 15) is 9.18 Å². The number of hydrazine groups is 1. The van der Waals surface area contributed by atoms with Crippen LogP contribution in [-0.2, 0) is 22.5 Å². The highest BCUT2D eigenvalue weighted by Gasteiger charge is 2.50. The molecule has 0 radical (unpaired) electrons. The van der Waals surface area contributed by atoms with Crippen molar-refractivity contribution >= 4 is 11.8 Å². The van der Waals surface area contributed by atoms with E-state index >= 15 is 0 Å². The van der Waals surface area contributed by atoms with Gasteiger partial charge in [-0.25, -0.2) is 14.8 Å². The summed E-state index contributed by atoms with van der Waals surface area (Å²) in [5.41, 5.74) is 14.7. The number of aliphatic hydroxyl groups is 1. The predicted molar refractivity (Wildman–Crippen MR) is 129 cm³/mol. The number of benzene rings is 2. The van der Waals surface area contributed by atoms with Gasteiger partial charge in [0.1, 0.15) is 18.5 Å². The summed E-state index contributed by atoms with van der Waals surface area (Å²) in [6.45, 7) is 1.65. The molecule has 2 atom stereocenters. The molecule has 0 saturated carbocycles. The number of rotatable bonds is 13. The fourth-order valence-electron chi connectivity index (χ4n) is 3.72. The molecule has 1 heterocycles. The lowest BCUT2D eigenvalue weighted by atomic mass is 9.84. The van der Waals surface area contributed by atoms with Crippen LogP contribution in [0.4, 0.5) is 4.39 Å². The second kappa shape index (κ2) is 12.7. The summed E-state index contributed by atoms with van der Waals surface area (Å²) in [5, 5.41) is 12.6. The Labute approximate surface area is 202 Å². The van der Waals surface area contributed by atoms with E-state index < -0.39 is 24.2 Å². The van der Waals surface area contributed by atoms with Crippen LogP contribution < -0.4 is 15.6 Å². The smallest absolute Gasteiger partial charge is 0.266 e. The molecule has 2 aromatic carbocycles. The fraction of sp³-hybridized carbons (Fsp3) is 0.417. The summed E-state index contributed by atoms with van der Waals surface area (Å²) in [4.78, 5) is 20.9. The van der Waals surface area contributed by atoms with Crippen molar-refractivity contribution in [3.8, 4) is 5.75 Å². The van der Waals surface area contributed by atoms with E-state index in [0.717, 1.165) is 11.1 Å². The first kappa shape index (κ1) is 26.0. The number of amides is 1. The molecular weight excluding hydrogens is 455 g/mol. The van der Waals surface area contributed by atoms with E-state index in [1.165, 1.54) is 0 Å². The third kappa shape index (κ3) is 6.48. The first-order valence-electron chi connectivity index (χ1n) is 11.3. The molecule has 0 aliphatic carbocycles. The third-order valence-electron chi connectivity index (χ3n) is 5.63. The quantitative estimate of drug-likeness (QED) is 0.132. The van der Waals surface area contributed by atoms with Crippen molar-refractivity contribution in [2.24, 2.45) is 10.1 Å². The minimum Gasteiger partial charge on any atom is -0.494 e. The molecule has 11 heteroatoms. The maximum atomic E-state index is 13.4. The Morgan fingerprint density at radius 2 is 2.03 bits per heavy atom. The van der Waals surface area contributed by atoms with Gasteiger partial charge in [-0.15, -0.1) is 0 Å². The summed E-state index contributed by atoms with van der Waals surface area (Å²) >= 11 is 0. The molecule has 2 aromatic rings. The van der Waals surface area contributed by atoms with Gasteiger partial charge in [0.25, 0.3) is 5.91 Å². The minimum atomic E-state index is -1.35. The fourth-order valence-corrected chi connectivity index (χ4v) is 3.72. The van der Waals surface area contributed by atoms with Gasteiger partial charge < -0.3 is 14.6 Å². The Morgan fingerprint density at radius 1 is 1.29 bits per heavy atom. The lowest BCUT2D eigenvalue weighted by molar-refractivity contribution is -0.129. The van der Waals surface area contributed by atoms with E-state index in [1.807, 2.05) is 24.3 Å². The molecule has 0 unspecified atom stereocenters. The molecule has 0 aromatic heterocycles. The van der Waals surface area contributed by atoms with Crippen LogP contribution in [0, 0.1) is 0 Å². The molecule has 1 amide bonds. The minimum absolute atomic E-state index is 0.0428. The summed E-state index contributed by atoms with van der Waals surface area (Å²) in [7, 11) is 0. The summed E-state index contributed by atoms with van der Waals surface area (Å²) < 4.78 is 24.2. The number of aliphatic hydroxyl groups excluding tert-OH is 1. The van der Waals surface area contributed by atoms with Crippen molar-refractivity contribution in [3.63, 3.8) is 0 Å². The number of ether oxygens (including phenoxy) is 2. The lowest BCUT2D eigenvalue weighted by Gasteiger charge is -2.29. The van der Waals surface area contributed by atoms with Gasteiger partial charge >= 0.3 is 0 Å². The van der Waals surface area contributed by atoms with E-state index in [0.29, 0.717) is 30.2 Å². The maximum Gasteiger partial charge on any atom is 0.266 e. The Bertz CT molecular complexity index is 1070. The molecule has 1 aliphatic heterocycles. The Kier molecular flexibility index (Phi) is 9.42. The SMILES string of the molecule is C[C@@H]1OC(c2ccc(OCCCO)cc2)=N[C@]1(Cc1ccccc1CN=[N+]=[N-])C(=O)NNCCF. The largest absolute Gasteiger partial charge is 0.494 e. The zero-order valence-electron chi connectivity index (χ0n) is 19.5. The lowest BCUT2D eigenvalue weighted by Crippen LogP contribution is -2.56. The molecule has 1 aliphatic rings. The van der Waals surface area contributed by atoms with Crippen molar-refractivity contribution in [1.29, 1.82) is 0 Å². The van der Waals surface area contributed by atoms with Gasteiger partial charge in [-0.2, -0.15) is 0 Å². The maximum absolute atomic E-state index is 13.4. The van der Waals surface area contributed by atoms with E-state index in [-0.39, 0.29) is 26.1 Å². The molecule has 3 rings (SSSR count). The van der Waals surface area contributed by atoms with Gasteiger partial charge in [0.05, 0.1) is 13.2 Å². The van der Waals surface area contributed by atoms with Gasteiger partial charge in [-0.1, -0.05) is 29.4 Å². The van der Waals surface area contributed by atoms with E-state index in [1.54, 1.807) is 31.2 Å². The first-order valence-corrected chi connectivity index (χ1v) is 11.3. The zero-order chi connectivity index (χ0) is 25.1. The van der Waals surface area contributed by atoms with Crippen LogP contribution in [0.5, 0.6) is 5.75 Å². The van der Waals surface area contributed by atoms with Gasteiger partial charge in [0, 0.05) is 36.5 Å². The van der Waals surface area contributed by atoms with Crippen LogP contribution in [0.3, 0.4) is 0 Å². The zero-order valence-corrected chi connectivity index (χ0v) is 19.5. The van der Waals surface area contributed by atoms with Gasteiger partial charge in [-0.3, -0.25) is 10.2 Å². The third-order valence-corrected chi connectivity index (χ3v) is 5.63. The molecule has 10 nitrogen and oxygen atoms in total. The molecule has 0 fully saturated rings. The number of halogens is 1. The Morgan fingerprint density at radius 3 is 2.71 bits per heavy atom. The molecular formula is C24H29FN6O4. The summed E-state index contributed by atoms with van der Waals surface area (Å²) in [6, 6.07) is 14.4. The molecule has 35 heavy (non-hydrogen) atoms. The van der Waals surface area contributed by atoms with Crippen LogP contribution in [-0.4, -0.2) is 55.0 Å². The number of hydrogen-bond acceptors (Lipinski definition) is 7. The number of hydrogen-bond donors (Lipinski definition) is 3. The second-order valence-electron chi connectivity index (χ2n) is 7.96. The van der Waals surface area contributed by atoms with Crippen molar-refractivity contribution in [2.75, 3.05) is 26.4 Å². The van der Waals surface area contributed by atoms with Crippen LogP contribution in [0.25, 0.3) is 10.4 Å². The van der Waals surface area contributed by atoms with E-state index in [2.05, 4.69) is 20.9 Å². The topological polar surface area (TPSA) is 141 Å². The molecule has 186 valence electrons. The van der Waals surface area contributed by atoms with Crippen molar-refractivity contribution < 1.29 is 23.8 Å². The number of carbonyl (C=O) groups excluding carboxylic acids is 1. The highest BCUT2D eigenvalue weighted by Crippen LogP contribution is 2.33. The summed E-state index contributed by atoms with van der Waals surface area (Å²) in [6.07, 6.45) is 0.0719. The normalized spacial score (nSPS) is 18.8. The van der Waals surface area contributed by atoms with Crippen LogP contribution >= 0.6 is 0 Å². The van der Waals surface area contributed by atoms with Crippen molar-refractivity contribution in [1.82, 2.24) is 10.9 Å².